The maximum Gasteiger partial charge on any atom is 0.256 e. The van der Waals surface area contributed by atoms with Gasteiger partial charge in [0.1, 0.15) is 6.04 Å². The number of nitriles is 1. The number of nitrogens with one attached hydrogen (secondary N) is 1. The first-order valence-electron chi connectivity index (χ1n) is 7.30. The Balaban J connectivity index is 1.82. The van der Waals surface area contributed by atoms with Crippen molar-refractivity contribution in [1.82, 2.24) is 15.1 Å². The summed E-state index contributed by atoms with van der Waals surface area (Å²) in [5, 5.41) is 17.1. The molecule has 2 aromatic rings. The molecule has 0 saturated heterocycles. The number of aryl methyl sites for hydroxylation is 1. The predicted molar refractivity (Wildman–Crippen MR) is 87.4 cm³/mol. The van der Waals surface area contributed by atoms with Crippen LogP contribution in [0.15, 0.2) is 24.4 Å². The first-order chi connectivity index (χ1) is 11.1. The van der Waals surface area contributed by atoms with Crippen LogP contribution >= 0.6 is 23.2 Å². The number of rotatable bonds is 3. The van der Waals surface area contributed by atoms with Gasteiger partial charge in [-0.3, -0.25) is 9.48 Å². The molecule has 0 bridgehead atoms. The molecule has 1 atom stereocenters. The molecule has 1 N–H and O–H groups in total. The fourth-order valence-electron chi connectivity index (χ4n) is 2.70. The van der Waals surface area contributed by atoms with E-state index in [0.29, 0.717) is 21.2 Å². The molecular formula is C16H14Cl2N4O. The molecule has 1 aliphatic heterocycles. The maximum atomic E-state index is 12.5. The lowest BCUT2D eigenvalue weighted by Gasteiger charge is -2.16. The zero-order valence-electron chi connectivity index (χ0n) is 12.2. The van der Waals surface area contributed by atoms with Crippen molar-refractivity contribution in [2.24, 2.45) is 0 Å². The van der Waals surface area contributed by atoms with Crippen molar-refractivity contribution in [3.05, 3.63) is 51.3 Å². The van der Waals surface area contributed by atoms with Crippen molar-refractivity contribution in [2.75, 3.05) is 0 Å². The third-order valence-corrected chi connectivity index (χ3v) is 4.65. The topological polar surface area (TPSA) is 70.7 Å². The SMILES string of the molecule is N#C[C@H](NC(=O)c1cnn2c1CCCC2)c1ccc(Cl)c(Cl)c1. The molecule has 2 heterocycles. The summed E-state index contributed by atoms with van der Waals surface area (Å²) in [6.07, 6.45) is 4.51. The molecule has 0 aliphatic carbocycles. The summed E-state index contributed by atoms with van der Waals surface area (Å²) >= 11 is 11.9. The second kappa shape index (κ2) is 6.61. The minimum Gasteiger partial charge on any atom is -0.332 e. The maximum absolute atomic E-state index is 12.5. The van der Waals surface area contributed by atoms with E-state index < -0.39 is 6.04 Å². The van der Waals surface area contributed by atoms with Crippen LogP contribution in [0.4, 0.5) is 0 Å². The van der Waals surface area contributed by atoms with Crippen LogP contribution in [-0.4, -0.2) is 15.7 Å². The van der Waals surface area contributed by atoms with E-state index in [-0.39, 0.29) is 5.91 Å². The van der Waals surface area contributed by atoms with Crippen LogP contribution in [0.25, 0.3) is 0 Å². The molecular weight excluding hydrogens is 335 g/mol. The molecule has 23 heavy (non-hydrogen) atoms. The minimum atomic E-state index is -0.795. The van der Waals surface area contributed by atoms with Crippen molar-refractivity contribution in [3.8, 4) is 6.07 Å². The Labute approximate surface area is 143 Å². The Morgan fingerprint density at radius 2 is 2.17 bits per heavy atom. The smallest absolute Gasteiger partial charge is 0.256 e. The molecule has 0 saturated carbocycles. The summed E-state index contributed by atoms with van der Waals surface area (Å²) < 4.78 is 1.86. The van der Waals surface area contributed by atoms with Crippen LogP contribution in [0, 0.1) is 11.3 Å². The Morgan fingerprint density at radius 3 is 2.91 bits per heavy atom. The van der Waals surface area contributed by atoms with E-state index in [1.54, 1.807) is 24.4 Å². The van der Waals surface area contributed by atoms with Gasteiger partial charge in [0.25, 0.3) is 5.91 Å². The summed E-state index contributed by atoms with van der Waals surface area (Å²) in [5.74, 6) is -0.300. The summed E-state index contributed by atoms with van der Waals surface area (Å²) in [4.78, 5) is 12.5. The average molecular weight is 349 g/mol. The number of halogens is 2. The van der Waals surface area contributed by atoms with E-state index in [1.807, 2.05) is 4.68 Å². The number of carbonyl (C=O) groups excluding carboxylic acids is 1. The molecule has 0 radical (unpaired) electrons. The van der Waals surface area contributed by atoms with E-state index in [0.717, 1.165) is 31.5 Å². The molecule has 1 amide bonds. The highest BCUT2D eigenvalue weighted by molar-refractivity contribution is 6.42. The highest BCUT2D eigenvalue weighted by atomic mass is 35.5. The lowest BCUT2D eigenvalue weighted by Crippen LogP contribution is -2.28. The number of benzene rings is 1. The van der Waals surface area contributed by atoms with Gasteiger partial charge in [0.2, 0.25) is 0 Å². The lowest BCUT2D eigenvalue weighted by atomic mass is 10.0. The van der Waals surface area contributed by atoms with Gasteiger partial charge in [-0.15, -0.1) is 0 Å². The van der Waals surface area contributed by atoms with Gasteiger partial charge in [0, 0.05) is 6.54 Å². The lowest BCUT2D eigenvalue weighted by molar-refractivity contribution is 0.0943. The second-order valence-corrected chi connectivity index (χ2v) is 6.21. The third kappa shape index (κ3) is 3.19. The molecule has 3 rings (SSSR count). The highest BCUT2D eigenvalue weighted by Crippen LogP contribution is 2.26. The fourth-order valence-corrected chi connectivity index (χ4v) is 3.01. The molecule has 7 heteroatoms. The molecule has 0 spiro atoms. The molecule has 118 valence electrons. The highest BCUT2D eigenvalue weighted by Gasteiger charge is 2.22. The third-order valence-electron chi connectivity index (χ3n) is 3.91. The number of fused-ring (bicyclic) bond motifs is 1. The summed E-state index contributed by atoms with van der Waals surface area (Å²) in [7, 11) is 0. The van der Waals surface area contributed by atoms with Crippen LogP contribution in [-0.2, 0) is 13.0 Å². The number of amides is 1. The summed E-state index contributed by atoms with van der Waals surface area (Å²) in [5.41, 5.74) is 2.06. The first-order valence-corrected chi connectivity index (χ1v) is 8.06. The molecule has 0 unspecified atom stereocenters. The van der Waals surface area contributed by atoms with Crippen LogP contribution in [0.5, 0.6) is 0 Å². The number of aromatic nitrogens is 2. The number of hydrogen-bond donors (Lipinski definition) is 1. The first kappa shape index (κ1) is 15.9. The Kier molecular flexibility index (Phi) is 4.56. The molecule has 5 nitrogen and oxygen atoms in total. The largest absolute Gasteiger partial charge is 0.332 e. The molecule has 1 aliphatic rings. The Morgan fingerprint density at radius 1 is 1.35 bits per heavy atom. The second-order valence-electron chi connectivity index (χ2n) is 5.39. The Bertz CT molecular complexity index is 794. The average Bonchev–Trinajstić information content (AvgIpc) is 2.99. The van der Waals surface area contributed by atoms with E-state index in [1.165, 1.54) is 0 Å². The van der Waals surface area contributed by atoms with Crippen LogP contribution in [0.2, 0.25) is 10.0 Å². The zero-order valence-corrected chi connectivity index (χ0v) is 13.7. The van der Waals surface area contributed by atoms with E-state index in [2.05, 4.69) is 16.5 Å². The molecule has 1 aromatic carbocycles. The fraction of sp³-hybridized carbons (Fsp3) is 0.312. The van der Waals surface area contributed by atoms with Gasteiger partial charge in [-0.1, -0.05) is 29.3 Å². The summed E-state index contributed by atoms with van der Waals surface area (Å²) in [6.45, 7) is 0.830. The van der Waals surface area contributed by atoms with Crippen LogP contribution < -0.4 is 5.32 Å². The van der Waals surface area contributed by atoms with Gasteiger partial charge in [0.05, 0.1) is 33.6 Å². The monoisotopic (exact) mass is 348 g/mol. The number of nitrogens with zero attached hydrogens (tertiary/aromatic N) is 3. The van der Waals surface area contributed by atoms with Gasteiger partial charge in [-0.25, -0.2) is 0 Å². The van der Waals surface area contributed by atoms with Gasteiger partial charge in [-0.2, -0.15) is 10.4 Å². The minimum absolute atomic E-state index is 0.300. The van der Waals surface area contributed by atoms with E-state index in [9.17, 15) is 10.1 Å². The van der Waals surface area contributed by atoms with Crippen molar-refractivity contribution >= 4 is 29.1 Å². The van der Waals surface area contributed by atoms with Crippen molar-refractivity contribution < 1.29 is 4.79 Å². The van der Waals surface area contributed by atoms with Crippen LogP contribution in [0.1, 0.15) is 40.5 Å². The predicted octanol–water partition coefficient (Wildman–Crippen LogP) is 3.52. The van der Waals surface area contributed by atoms with Crippen molar-refractivity contribution in [2.45, 2.75) is 31.8 Å². The normalized spacial score (nSPS) is 14.7. The Hall–Kier alpha value is -2.03. The van der Waals surface area contributed by atoms with Gasteiger partial charge >= 0.3 is 0 Å². The van der Waals surface area contributed by atoms with Crippen LogP contribution in [0.3, 0.4) is 0 Å². The molecule has 1 aromatic heterocycles. The zero-order chi connectivity index (χ0) is 16.4. The standard InChI is InChI=1S/C16H14Cl2N4O/c17-12-5-4-10(7-13(12)18)14(8-19)21-16(23)11-9-20-22-6-2-1-3-15(11)22/h4-5,7,9,14H,1-3,6H2,(H,21,23)/t14-/m0/s1. The van der Waals surface area contributed by atoms with Gasteiger partial charge in [-0.05, 0) is 37.0 Å². The van der Waals surface area contributed by atoms with Gasteiger partial charge < -0.3 is 5.32 Å². The van der Waals surface area contributed by atoms with Crippen molar-refractivity contribution in [1.29, 1.82) is 5.26 Å². The van der Waals surface area contributed by atoms with Gasteiger partial charge in [0.15, 0.2) is 0 Å². The van der Waals surface area contributed by atoms with E-state index in [4.69, 9.17) is 23.2 Å². The summed E-state index contributed by atoms with van der Waals surface area (Å²) in [6, 6.07) is 6.16. The number of hydrogen-bond acceptors (Lipinski definition) is 3. The van der Waals surface area contributed by atoms with E-state index >= 15 is 0 Å². The van der Waals surface area contributed by atoms with Crippen molar-refractivity contribution in [3.63, 3.8) is 0 Å². The quantitative estimate of drug-likeness (QED) is 0.922. The molecule has 0 fully saturated rings. The number of carbonyl (C=O) groups is 1.